The molecule has 2 nitrogen and oxygen atoms in total. The Morgan fingerprint density at radius 2 is 1.23 bits per heavy atom. The van der Waals surface area contributed by atoms with E-state index in [1.807, 2.05) is 0 Å². The number of rotatable bonds is 2. The Kier molecular flexibility index (Phi) is 4.65. The summed E-state index contributed by atoms with van der Waals surface area (Å²) in [6, 6.07) is 4.87. The van der Waals surface area contributed by atoms with Gasteiger partial charge < -0.3 is 10.6 Å². The molecule has 2 heterocycles. The van der Waals surface area contributed by atoms with Crippen molar-refractivity contribution in [3.05, 3.63) is 23.3 Å². The maximum Gasteiger partial charge on any atom is 0.0393 e. The highest BCUT2D eigenvalue weighted by Gasteiger charge is 2.22. The molecule has 2 N–H and O–H groups in total. The summed E-state index contributed by atoms with van der Waals surface area (Å²) in [6.07, 6.45) is 5.09. The molecular weight excluding hydrogens is 268 g/mol. The van der Waals surface area contributed by atoms with Crippen LogP contribution in [0, 0.1) is 23.7 Å². The van der Waals surface area contributed by atoms with E-state index in [1.54, 1.807) is 0 Å². The fourth-order valence-corrected chi connectivity index (χ4v) is 3.94. The highest BCUT2D eigenvalue weighted by molar-refractivity contribution is 5.66. The molecule has 2 heteroatoms. The van der Waals surface area contributed by atoms with Crippen LogP contribution in [0.2, 0.25) is 0 Å². The van der Waals surface area contributed by atoms with Crippen molar-refractivity contribution in [3.63, 3.8) is 0 Å². The van der Waals surface area contributed by atoms with Gasteiger partial charge >= 0.3 is 0 Å². The fourth-order valence-electron chi connectivity index (χ4n) is 3.94. The predicted octanol–water partition coefficient (Wildman–Crippen LogP) is 4.95. The standard InChI is InChI=1S/C20H32N2/c1-13(2)17-7-5-15-9-16-6-8-18(14(3)4)12-22-20(16)10-19(15)21-11-17/h9-10,13-14,17-18,21-22H,5-8,11-12H2,1-4H3. The Morgan fingerprint density at radius 1 is 0.773 bits per heavy atom. The van der Waals surface area contributed by atoms with Crippen molar-refractivity contribution in [2.75, 3.05) is 23.7 Å². The van der Waals surface area contributed by atoms with Crippen molar-refractivity contribution in [1.82, 2.24) is 0 Å². The average Bonchev–Trinajstić information content (AvgIpc) is 2.80. The van der Waals surface area contributed by atoms with Crippen molar-refractivity contribution >= 4 is 11.4 Å². The Balaban J connectivity index is 1.80. The molecule has 0 radical (unpaired) electrons. The van der Waals surface area contributed by atoms with E-state index in [1.165, 1.54) is 48.2 Å². The lowest BCUT2D eigenvalue weighted by atomic mass is 9.89. The van der Waals surface area contributed by atoms with Gasteiger partial charge in [0.1, 0.15) is 0 Å². The summed E-state index contributed by atoms with van der Waals surface area (Å²) in [6.45, 7) is 11.7. The first-order valence-electron chi connectivity index (χ1n) is 9.18. The Labute approximate surface area is 136 Å². The lowest BCUT2D eigenvalue weighted by molar-refractivity contribution is 0.382. The SMILES string of the molecule is CC(C)C1CCc2cc3c(cc2NC1)NCC(C(C)C)CC3. The minimum absolute atomic E-state index is 0.768. The molecule has 0 aliphatic carbocycles. The minimum atomic E-state index is 0.768. The topological polar surface area (TPSA) is 24.1 Å². The van der Waals surface area contributed by atoms with Crippen molar-refractivity contribution in [3.8, 4) is 0 Å². The van der Waals surface area contributed by atoms with Crippen LogP contribution in [0.5, 0.6) is 0 Å². The lowest BCUT2D eigenvalue weighted by Crippen LogP contribution is -2.18. The molecule has 0 saturated heterocycles. The molecular formula is C20H32N2. The van der Waals surface area contributed by atoms with E-state index < -0.39 is 0 Å². The van der Waals surface area contributed by atoms with Crippen molar-refractivity contribution in [2.45, 2.75) is 53.4 Å². The normalized spacial score (nSPS) is 24.8. The van der Waals surface area contributed by atoms with Crippen LogP contribution >= 0.6 is 0 Å². The van der Waals surface area contributed by atoms with E-state index in [0.29, 0.717) is 0 Å². The van der Waals surface area contributed by atoms with E-state index in [9.17, 15) is 0 Å². The molecule has 0 fully saturated rings. The molecule has 2 atom stereocenters. The van der Waals surface area contributed by atoms with Crippen LogP contribution < -0.4 is 10.6 Å². The first kappa shape index (κ1) is 15.7. The zero-order valence-corrected chi connectivity index (χ0v) is 14.7. The van der Waals surface area contributed by atoms with Crippen LogP contribution in [0.1, 0.15) is 51.7 Å². The number of fused-ring (bicyclic) bond motifs is 2. The zero-order chi connectivity index (χ0) is 15.7. The van der Waals surface area contributed by atoms with E-state index in [0.717, 1.165) is 36.8 Å². The highest BCUT2D eigenvalue weighted by Crippen LogP contribution is 2.35. The molecule has 1 aromatic rings. The summed E-state index contributed by atoms with van der Waals surface area (Å²) in [5, 5.41) is 7.44. The van der Waals surface area contributed by atoms with Gasteiger partial charge in [0.05, 0.1) is 0 Å². The molecule has 2 aliphatic rings. The van der Waals surface area contributed by atoms with Gasteiger partial charge in [0.15, 0.2) is 0 Å². The molecule has 2 aliphatic heterocycles. The predicted molar refractivity (Wildman–Crippen MR) is 96.7 cm³/mol. The molecule has 0 saturated carbocycles. The van der Waals surface area contributed by atoms with E-state index in [-0.39, 0.29) is 0 Å². The van der Waals surface area contributed by atoms with Crippen molar-refractivity contribution in [2.24, 2.45) is 23.7 Å². The molecule has 1 aromatic carbocycles. The van der Waals surface area contributed by atoms with Gasteiger partial charge in [-0.2, -0.15) is 0 Å². The van der Waals surface area contributed by atoms with Crippen molar-refractivity contribution < 1.29 is 0 Å². The number of anilines is 2. The fraction of sp³-hybridized carbons (Fsp3) is 0.700. The van der Waals surface area contributed by atoms with Gasteiger partial charge in [0, 0.05) is 24.5 Å². The molecule has 3 rings (SSSR count). The Morgan fingerprint density at radius 3 is 1.64 bits per heavy atom. The van der Waals surface area contributed by atoms with Crippen LogP contribution in [-0.2, 0) is 12.8 Å². The van der Waals surface area contributed by atoms with Crippen molar-refractivity contribution in [1.29, 1.82) is 0 Å². The lowest BCUT2D eigenvalue weighted by Gasteiger charge is -2.19. The summed E-state index contributed by atoms with van der Waals surface area (Å²) in [5.74, 6) is 3.13. The monoisotopic (exact) mass is 300 g/mol. The smallest absolute Gasteiger partial charge is 0.0393 e. The van der Waals surface area contributed by atoms with Gasteiger partial charge in [0.25, 0.3) is 0 Å². The van der Waals surface area contributed by atoms with Gasteiger partial charge in [-0.15, -0.1) is 0 Å². The van der Waals surface area contributed by atoms with E-state index in [4.69, 9.17) is 0 Å². The maximum absolute atomic E-state index is 3.72. The maximum atomic E-state index is 3.72. The Hall–Kier alpha value is -1.18. The molecule has 2 unspecified atom stereocenters. The third kappa shape index (κ3) is 3.26. The number of benzene rings is 1. The second-order valence-corrected chi connectivity index (χ2v) is 8.01. The minimum Gasteiger partial charge on any atom is -0.384 e. The van der Waals surface area contributed by atoms with Gasteiger partial charge in [-0.1, -0.05) is 33.8 Å². The number of aryl methyl sites for hydroxylation is 2. The Bertz CT molecular complexity index is 436. The van der Waals surface area contributed by atoms with Crippen LogP contribution in [0.4, 0.5) is 11.4 Å². The first-order valence-corrected chi connectivity index (χ1v) is 9.18. The largest absolute Gasteiger partial charge is 0.384 e. The summed E-state index contributed by atoms with van der Waals surface area (Å²) in [7, 11) is 0. The van der Waals surface area contributed by atoms with Crippen LogP contribution in [0.15, 0.2) is 12.1 Å². The summed E-state index contributed by atoms with van der Waals surface area (Å²) in [5.41, 5.74) is 5.81. The van der Waals surface area contributed by atoms with Crippen LogP contribution in [0.25, 0.3) is 0 Å². The van der Waals surface area contributed by atoms with Crippen LogP contribution in [-0.4, -0.2) is 13.1 Å². The molecule has 22 heavy (non-hydrogen) atoms. The highest BCUT2D eigenvalue weighted by atomic mass is 14.9. The number of hydrogen-bond donors (Lipinski definition) is 2. The average molecular weight is 300 g/mol. The second-order valence-electron chi connectivity index (χ2n) is 8.01. The quantitative estimate of drug-likeness (QED) is 0.807. The number of hydrogen-bond acceptors (Lipinski definition) is 2. The molecule has 0 aromatic heterocycles. The summed E-state index contributed by atoms with van der Waals surface area (Å²) >= 11 is 0. The molecule has 0 amide bonds. The third-order valence-electron chi connectivity index (χ3n) is 5.89. The van der Waals surface area contributed by atoms with Gasteiger partial charge in [-0.25, -0.2) is 0 Å². The second kappa shape index (κ2) is 6.52. The van der Waals surface area contributed by atoms with Gasteiger partial charge in [-0.05, 0) is 66.5 Å². The summed E-state index contributed by atoms with van der Waals surface area (Å²) in [4.78, 5) is 0. The van der Waals surface area contributed by atoms with Gasteiger partial charge in [-0.3, -0.25) is 0 Å². The molecule has 0 spiro atoms. The molecule has 0 bridgehead atoms. The van der Waals surface area contributed by atoms with E-state index >= 15 is 0 Å². The zero-order valence-electron chi connectivity index (χ0n) is 14.7. The van der Waals surface area contributed by atoms with E-state index in [2.05, 4.69) is 50.5 Å². The molecule has 122 valence electrons. The number of nitrogens with one attached hydrogen (secondary N) is 2. The summed E-state index contributed by atoms with van der Waals surface area (Å²) < 4.78 is 0. The van der Waals surface area contributed by atoms with Crippen LogP contribution in [0.3, 0.4) is 0 Å². The first-order chi connectivity index (χ1) is 10.5. The van der Waals surface area contributed by atoms with Gasteiger partial charge in [0.2, 0.25) is 0 Å². The third-order valence-corrected chi connectivity index (χ3v) is 5.89.